The van der Waals surface area contributed by atoms with E-state index in [1.54, 1.807) is 0 Å². The molecule has 14 nitrogen and oxygen atoms in total. The number of benzene rings is 1. The third-order valence-corrected chi connectivity index (χ3v) is 12.0. The molecule has 3 bridgehead atoms. The third-order valence-electron chi connectivity index (χ3n) is 10.7. The summed E-state index contributed by atoms with van der Waals surface area (Å²) in [6, 6.07) is 0. The first-order valence-electron chi connectivity index (χ1n) is 16.8. The van der Waals surface area contributed by atoms with E-state index in [0.717, 1.165) is 7.11 Å². The molecule has 0 saturated heterocycles. The number of carbonyl (C=O) groups is 5. The van der Waals surface area contributed by atoms with Crippen LogP contribution in [-0.4, -0.2) is 109 Å². The summed E-state index contributed by atoms with van der Waals surface area (Å²) in [6.07, 6.45) is -3.92. The second-order valence-electron chi connectivity index (χ2n) is 14.1. The molecule has 1 aromatic carbocycles. The Morgan fingerprint density at radius 1 is 0.808 bits per heavy atom. The number of phenolic OH excluding ortho intramolecular Hbond substituents is 1. The molecule has 15 heteroatoms. The van der Waals surface area contributed by atoms with Gasteiger partial charge in [-0.2, -0.15) is 0 Å². The van der Waals surface area contributed by atoms with Crippen LogP contribution >= 0.6 is 11.8 Å². The molecule has 284 valence electrons. The van der Waals surface area contributed by atoms with Crippen molar-refractivity contribution in [2.24, 2.45) is 29.6 Å². The summed E-state index contributed by atoms with van der Waals surface area (Å²) in [5, 5.41) is 70.2. The number of hydrogen-bond donors (Lipinski definition) is 7. The van der Waals surface area contributed by atoms with Crippen LogP contribution in [0.15, 0.2) is 34.4 Å². The van der Waals surface area contributed by atoms with Gasteiger partial charge in [0.05, 0.1) is 66.3 Å². The number of hydrogen-bond acceptors (Lipinski definition) is 14. The second kappa shape index (κ2) is 15.2. The number of aliphatic hydroxyl groups excluding tert-OH is 5. The number of fused-ring (bicyclic) bond motifs is 1. The Balaban J connectivity index is 1.98. The first kappa shape index (κ1) is 40.9. The molecule has 0 fully saturated rings. The molecule has 2 aliphatic heterocycles. The number of carbonyl (C=O) groups excluding carboxylic acids is 5. The molecule has 0 spiro atoms. The quantitative estimate of drug-likeness (QED) is 0.169. The van der Waals surface area contributed by atoms with Crippen LogP contribution in [0.3, 0.4) is 0 Å². The van der Waals surface area contributed by atoms with Gasteiger partial charge in [-0.15, -0.1) is 0 Å². The zero-order valence-electron chi connectivity index (χ0n) is 30.5. The van der Waals surface area contributed by atoms with Crippen molar-refractivity contribution in [3.8, 4) is 11.5 Å². The Morgan fingerprint density at radius 2 is 1.38 bits per heavy atom. The van der Waals surface area contributed by atoms with Gasteiger partial charge < -0.3 is 45.4 Å². The average Bonchev–Trinajstić information content (AvgIpc) is 3.11. The number of aliphatic hydroxyl groups is 5. The lowest BCUT2D eigenvalue weighted by Crippen LogP contribution is -2.51. The van der Waals surface area contributed by atoms with Crippen molar-refractivity contribution >= 4 is 41.0 Å². The summed E-state index contributed by atoms with van der Waals surface area (Å²) >= 11 is 0.696. The predicted octanol–water partition coefficient (Wildman–Crippen LogP) is 1.76. The maximum atomic E-state index is 14.4. The van der Waals surface area contributed by atoms with Crippen molar-refractivity contribution in [3.63, 3.8) is 0 Å². The highest BCUT2D eigenvalue weighted by molar-refractivity contribution is 8.06. The Labute approximate surface area is 305 Å². The second-order valence-corrected chi connectivity index (χ2v) is 15.6. The average molecular weight is 746 g/mol. The van der Waals surface area contributed by atoms with Gasteiger partial charge in [-0.25, -0.2) is 0 Å². The minimum Gasteiger partial charge on any atom is -0.507 e. The number of methoxy groups -OCH3 is 2. The molecule has 0 aromatic heterocycles. The largest absolute Gasteiger partial charge is 0.507 e. The lowest BCUT2D eigenvalue weighted by molar-refractivity contribution is -0.165. The monoisotopic (exact) mass is 745 g/mol. The molecule has 52 heavy (non-hydrogen) atoms. The van der Waals surface area contributed by atoms with E-state index >= 15 is 0 Å². The highest BCUT2D eigenvalue weighted by Crippen LogP contribution is 2.49. The van der Waals surface area contributed by atoms with E-state index in [-0.39, 0.29) is 33.1 Å². The van der Waals surface area contributed by atoms with Crippen LogP contribution in [0.25, 0.3) is 0 Å². The van der Waals surface area contributed by atoms with E-state index in [1.165, 1.54) is 73.8 Å². The SMILES string of the molecule is COC(=O)[C@H]1[C@H](O)[C@H](C)[C@@H](O)[C@@H](C)/C=C(\C)C(=O)c2c(OC)c(C)c(O)c3c2C(=O)C2=C(NC(=O)C(C)(/C=C/C(O)[C@@H](C)[C@@H](O)[C@@H](C)[C@H]1O)S2)C3=O. The Kier molecular flexibility index (Phi) is 12.0. The fraction of sp³-hybridized carbons (Fsp3) is 0.541. The van der Waals surface area contributed by atoms with E-state index in [4.69, 9.17) is 9.47 Å². The van der Waals surface area contributed by atoms with Gasteiger partial charge in [-0.3, -0.25) is 24.0 Å². The number of ether oxygens (including phenoxy) is 2. The van der Waals surface area contributed by atoms with Crippen LogP contribution in [-0.2, 0) is 14.3 Å². The summed E-state index contributed by atoms with van der Waals surface area (Å²) in [4.78, 5) is 68.8. The molecular formula is C37H47NO13S. The van der Waals surface area contributed by atoms with E-state index in [9.17, 15) is 54.6 Å². The van der Waals surface area contributed by atoms with E-state index < -0.39 is 111 Å². The fourth-order valence-electron chi connectivity index (χ4n) is 7.09. The molecule has 7 N–H and O–H groups in total. The lowest BCUT2D eigenvalue weighted by atomic mass is 9.75. The zero-order valence-corrected chi connectivity index (χ0v) is 31.3. The van der Waals surface area contributed by atoms with Gasteiger partial charge in [0.2, 0.25) is 17.5 Å². The number of ketones is 3. The van der Waals surface area contributed by atoms with Gasteiger partial charge in [0, 0.05) is 29.2 Å². The van der Waals surface area contributed by atoms with Crippen molar-refractivity contribution in [2.75, 3.05) is 14.2 Å². The Bertz CT molecular complexity index is 1780. The number of aromatic hydroxyl groups is 1. The zero-order chi connectivity index (χ0) is 39.3. The van der Waals surface area contributed by atoms with E-state index in [0.29, 0.717) is 11.8 Å². The third kappa shape index (κ3) is 6.85. The summed E-state index contributed by atoms with van der Waals surface area (Å²) in [7, 11) is 2.28. The molecule has 3 aliphatic rings. The highest BCUT2D eigenvalue weighted by atomic mass is 32.2. The summed E-state index contributed by atoms with van der Waals surface area (Å²) in [6.45, 7) is 10.1. The maximum Gasteiger partial charge on any atom is 0.313 e. The van der Waals surface area contributed by atoms with Crippen molar-refractivity contribution in [2.45, 2.75) is 83.7 Å². The Morgan fingerprint density at radius 3 is 1.94 bits per heavy atom. The summed E-state index contributed by atoms with van der Waals surface area (Å²) < 4.78 is 8.78. The first-order valence-corrected chi connectivity index (χ1v) is 17.7. The maximum absolute atomic E-state index is 14.4. The number of thioether (sulfide) groups is 1. The molecular weight excluding hydrogens is 698 g/mol. The van der Waals surface area contributed by atoms with Gasteiger partial charge in [0.15, 0.2) is 5.78 Å². The van der Waals surface area contributed by atoms with Crippen LogP contribution in [0.5, 0.6) is 11.5 Å². The smallest absolute Gasteiger partial charge is 0.313 e. The molecule has 2 unspecified atom stereocenters. The minimum absolute atomic E-state index is 0.00797. The molecule has 11 atom stereocenters. The number of Topliss-reactive ketones (excluding diaryl/α,β-unsaturated/α-hetero) is 3. The van der Waals surface area contributed by atoms with Crippen molar-refractivity contribution in [1.82, 2.24) is 5.32 Å². The summed E-state index contributed by atoms with van der Waals surface area (Å²) in [5.74, 6) is -10.9. The normalized spacial score (nSPS) is 36.4. The van der Waals surface area contributed by atoms with Crippen LogP contribution in [0.2, 0.25) is 0 Å². The minimum atomic E-state index is -1.72. The van der Waals surface area contributed by atoms with Gasteiger partial charge in [-0.05, 0) is 26.3 Å². The molecule has 0 saturated carbocycles. The standard InChI is InChI=1S/C37H47NO13S/c1-13-12-14(2)26(41)22-20-21(30(45)18(6)33(22)50-8)31(46)24-34(32(20)47)52-37(7,36(49)38-24)11-10-19(39)15(3)27(42)17(5)29(44)23(35(48)51-9)28(43)16(4)25(13)40/h10-13,15-17,19,23,25,27-29,39-40,42-45H,1-9H3,(H,38,49)/b11-10+,14-12+/t13-,15+,16+,17+,19?,23-,25-,27+,28+,29+,37?/m0/s1. The van der Waals surface area contributed by atoms with Gasteiger partial charge in [0.1, 0.15) is 27.9 Å². The number of rotatable bonds is 2. The highest BCUT2D eigenvalue weighted by Gasteiger charge is 2.49. The van der Waals surface area contributed by atoms with Gasteiger partial charge in [0.25, 0.3) is 0 Å². The number of esters is 1. The predicted molar refractivity (Wildman–Crippen MR) is 189 cm³/mol. The number of nitrogens with one attached hydrogen (secondary N) is 1. The van der Waals surface area contributed by atoms with E-state index in [2.05, 4.69) is 5.32 Å². The molecule has 4 rings (SSSR count). The number of phenols is 1. The topological polar surface area (TPSA) is 237 Å². The fourth-order valence-corrected chi connectivity index (χ4v) is 8.24. The van der Waals surface area contributed by atoms with Crippen LogP contribution < -0.4 is 10.1 Å². The first-order chi connectivity index (χ1) is 24.2. The van der Waals surface area contributed by atoms with Crippen LogP contribution in [0, 0.1) is 36.5 Å². The van der Waals surface area contributed by atoms with Gasteiger partial charge >= 0.3 is 5.97 Å². The summed E-state index contributed by atoms with van der Waals surface area (Å²) in [5.41, 5.74) is -1.69. The van der Waals surface area contributed by atoms with Gasteiger partial charge in [-0.1, -0.05) is 57.7 Å². The molecule has 2 heterocycles. The van der Waals surface area contributed by atoms with E-state index in [1.807, 2.05) is 0 Å². The van der Waals surface area contributed by atoms with Crippen LogP contribution in [0.4, 0.5) is 0 Å². The number of amides is 1. The van der Waals surface area contributed by atoms with Crippen molar-refractivity contribution < 1.29 is 64.1 Å². The molecule has 1 aliphatic carbocycles. The molecule has 0 radical (unpaired) electrons. The lowest BCUT2D eigenvalue weighted by Gasteiger charge is -2.37. The molecule has 1 aromatic rings. The van der Waals surface area contributed by atoms with Crippen molar-refractivity contribution in [3.05, 3.63) is 56.7 Å². The molecule has 1 amide bonds. The van der Waals surface area contributed by atoms with Crippen LogP contribution in [0.1, 0.15) is 78.2 Å². The van der Waals surface area contributed by atoms with Crippen molar-refractivity contribution in [1.29, 1.82) is 0 Å². The Hall–Kier alpha value is -3.86. The number of allylic oxidation sites excluding steroid dienone is 3.